The molecule has 2 aromatic rings. The number of hydrogen-bond acceptors (Lipinski definition) is 9. The molecule has 298 valence electrons. The third kappa shape index (κ3) is 11.3. The number of allylic oxidation sites excluding steroid dienone is 2. The number of primary amides is 1. The zero-order valence-electron chi connectivity index (χ0n) is 31.8. The fraction of sp³-hybridized carbons (Fsp3) is 0.525. The molecule has 5 rings (SSSR count). The third-order valence-electron chi connectivity index (χ3n) is 10.2. The molecular formula is C40H53N5O9S. The normalized spacial score (nSPS) is 21.6. The average Bonchev–Trinajstić information content (AvgIpc) is 3.88. The molecule has 1 unspecified atom stereocenters. The monoisotopic (exact) mass is 779 g/mol. The quantitative estimate of drug-likeness (QED) is 0.176. The number of nitrogens with one attached hydrogen (secondary N) is 2. The molecule has 2 aliphatic heterocycles. The van der Waals surface area contributed by atoms with E-state index < -0.39 is 69.6 Å². The van der Waals surface area contributed by atoms with Gasteiger partial charge in [-0.05, 0) is 82.1 Å². The van der Waals surface area contributed by atoms with E-state index in [0.717, 1.165) is 30.4 Å². The topological polar surface area (TPSA) is 195 Å². The number of alkyl carbamates (subject to hydrolysis) is 1. The number of ether oxygens (including phenoxy) is 2. The summed E-state index contributed by atoms with van der Waals surface area (Å²) in [5, 5.41) is 2.69. The Morgan fingerprint density at radius 2 is 1.62 bits per heavy atom. The van der Waals surface area contributed by atoms with Crippen LogP contribution in [0.5, 0.6) is 0 Å². The van der Waals surface area contributed by atoms with E-state index in [-0.39, 0.29) is 30.2 Å². The lowest BCUT2D eigenvalue weighted by Crippen LogP contribution is -2.53. The van der Waals surface area contributed by atoms with Gasteiger partial charge < -0.3 is 25.4 Å². The fourth-order valence-corrected chi connectivity index (χ4v) is 8.50. The largest absolute Gasteiger partial charge is 0.444 e. The maximum absolute atomic E-state index is 14.0. The van der Waals surface area contributed by atoms with Gasteiger partial charge in [0.1, 0.15) is 23.8 Å². The molecule has 2 aromatic carbocycles. The van der Waals surface area contributed by atoms with Gasteiger partial charge in [0.25, 0.3) is 10.0 Å². The summed E-state index contributed by atoms with van der Waals surface area (Å²) in [4.78, 5) is 68.3. The number of benzene rings is 2. The lowest BCUT2D eigenvalue weighted by molar-refractivity contribution is -0.139. The molecule has 1 aliphatic carbocycles. The molecule has 0 radical (unpaired) electrons. The van der Waals surface area contributed by atoms with Crippen LogP contribution in [0.25, 0.3) is 0 Å². The lowest BCUT2D eigenvalue weighted by Gasteiger charge is -2.28. The van der Waals surface area contributed by atoms with Crippen LogP contribution in [-0.4, -0.2) is 78.5 Å². The Kier molecular flexibility index (Phi) is 13.6. The van der Waals surface area contributed by atoms with E-state index in [1.165, 1.54) is 17.0 Å². The Morgan fingerprint density at radius 1 is 0.945 bits per heavy atom. The van der Waals surface area contributed by atoms with Gasteiger partial charge >= 0.3 is 12.2 Å². The highest BCUT2D eigenvalue weighted by molar-refractivity contribution is 7.90. The number of rotatable bonds is 14. The number of amides is 5. The van der Waals surface area contributed by atoms with E-state index in [9.17, 15) is 32.4 Å². The first-order valence-electron chi connectivity index (χ1n) is 19.0. The van der Waals surface area contributed by atoms with E-state index in [2.05, 4.69) is 10.0 Å². The molecule has 1 saturated heterocycles. The second kappa shape index (κ2) is 18.1. The Labute approximate surface area is 323 Å². The number of sulfonamides is 1. The zero-order chi connectivity index (χ0) is 39.8. The predicted molar refractivity (Wildman–Crippen MR) is 203 cm³/mol. The van der Waals surface area contributed by atoms with Crippen molar-refractivity contribution in [3.05, 3.63) is 77.9 Å². The number of carbonyl (C=O) groups is 5. The number of unbranched alkanes of at least 4 members (excludes halogenated alkanes) is 3. The Morgan fingerprint density at radius 3 is 2.27 bits per heavy atom. The van der Waals surface area contributed by atoms with Crippen molar-refractivity contribution in [1.29, 1.82) is 0 Å². The van der Waals surface area contributed by atoms with Crippen LogP contribution in [0.1, 0.15) is 89.7 Å². The number of likely N-dealkylation sites (tertiary alicyclic amines) is 1. The molecule has 3 aliphatic rings. The average molecular weight is 780 g/mol. The van der Waals surface area contributed by atoms with E-state index >= 15 is 0 Å². The number of hydrogen-bond donors (Lipinski definition) is 3. The SMILES string of the molecule is CC(C)(C)OC(=O)N[C@@H](CCCCC/C=C\[C@@H]1CCCC1C(=O)NS(=O)(=O)c1ccccc1)C(=O)N1C[C@H](OC(=O)N2Cc3ccccc3C2)C[C@H]1C(N)=O. The summed E-state index contributed by atoms with van der Waals surface area (Å²) in [5.74, 6) is -2.25. The van der Waals surface area contributed by atoms with Crippen molar-refractivity contribution in [3.63, 3.8) is 0 Å². The first-order valence-corrected chi connectivity index (χ1v) is 20.5. The number of nitrogens with zero attached hydrogens (tertiary/aromatic N) is 2. The van der Waals surface area contributed by atoms with Gasteiger partial charge in [0.15, 0.2) is 0 Å². The van der Waals surface area contributed by atoms with Gasteiger partial charge in [-0.25, -0.2) is 22.7 Å². The van der Waals surface area contributed by atoms with Gasteiger partial charge in [0.2, 0.25) is 17.7 Å². The van der Waals surface area contributed by atoms with Crippen LogP contribution in [0.15, 0.2) is 71.6 Å². The lowest BCUT2D eigenvalue weighted by atomic mass is 9.94. The van der Waals surface area contributed by atoms with Gasteiger partial charge in [-0.2, -0.15) is 0 Å². The minimum absolute atomic E-state index is 0.0429. The summed E-state index contributed by atoms with van der Waals surface area (Å²) >= 11 is 0. The molecule has 2 heterocycles. The summed E-state index contributed by atoms with van der Waals surface area (Å²) in [6.07, 6.45) is 7.20. The van der Waals surface area contributed by atoms with Crippen LogP contribution in [-0.2, 0) is 47.0 Å². The van der Waals surface area contributed by atoms with Crippen LogP contribution in [0.2, 0.25) is 0 Å². The molecular weight excluding hydrogens is 727 g/mol. The zero-order valence-corrected chi connectivity index (χ0v) is 32.6. The molecule has 0 aromatic heterocycles. The third-order valence-corrected chi connectivity index (χ3v) is 11.5. The van der Waals surface area contributed by atoms with Crippen LogP contribution >= 0.6 is 0 Å². The standard InChI is InChI=1S/C40H53N5O9S/c1-40(2,3)54-38(49)42-33(37(48)45-26-30(23-34(45)35(41)46)53-39(50)44-24-28-16-12-13-17-29(28)25-44)22-11-6-4-5-8-15-27-18-14-21-32(27)36(47)43-55(51,52)31-19-9-7-10-20-31/h7-10,12-13,15-17,19-20,27,30,32-34H,4-6,11,14,18,21-26H2,1-3H3,(H2,41,46)(H,42,49)(H,43,47)/b15-8-/t27-,30-,32?,33+,34+/m1/s1. The maximum atomic E-state index is 14.0. The summed E-state index contributed by atoms with van der Waals surface area (Å²) in [5.41, 5.74) is 6.98. The highest BCUT2D eigenvalue weighted by Gasteiger charge is 2.43. The van der Waals surface area contributed by atoms with E-state index in [1.54, 1.807) is 43.9 Å². The number of carbonyl (C=O) groups excluding carboxylic acids is 5. The van der Waals surface area contributed by atoms with Crippen molar-refractivity contribution < 1.29 is 41.9 Å². The molecule has 0 bridgehead atoms. The highest BCUT2D eigenvalue weighted by Crippen LogP contribution is 2.34. The van der Waals surface area contributed by atoms with Crippen molar-refractivity contribution in [3.8, 4) is 0 Å². The summed E-state index contributed by atoms with van der Waals surface area (Å²) in [6.45, 7) is 5.90. The molecule has 14 nitrogen and oxygen atoms in total. The van der Waals surface area contributed by atoms with Crippen molar-refractivity contribution >= 4 is 39.9 Å². The van der Waals surface area contributed by atoms with Gasteiger partial charge in [0, 0.05) is 25.4 Å². The Hall–Kier alpha value is -4.92. The first kappa shape index (κ1) is 41.2. The Balaban J connectivity index is 1.13. The highest BCUT2D eigenvalue weighted by atomic mass is 32.2. The van der Waals surface area contributed by atoms with E-state index in [4.69, 9.17) is 15.2 Å². The van der Waals surface area contributed by atoms with Gasteiger partial charge in [-0.3, -0.25) is 19.3 Å². The van der Waals surface area contributed by atoms with Crippen LogP contribution in [0.3, 0.4) is 0 Å². The van der Waals surface area contributed by atoms with Crippen molar-refractivity contribution in [2.75, 3.05) is 6.54 Å². The van der Waals surface area contributed by atoms with Gasteiger partial charge in [-0.15, -0.1) is 0 Å². The molecule has 1 saturated carbocycles. The van der Waals surface area contributed by atoms with Crippen molar-refractivity contribution in [1.82, 2.24) is 19.8 Å². The minimum Gasteiger partial charge on any atom is -0.444 e. The second-order valence-corrected chi connectivity index (χ2v) is 17.2. The summed E-state index contributed by atoms with van der Waals surface area (Å²) in [6, 6.07) is 13.5. The molecule has 0 spiro atoms. The number of nitrogens with two attached hydrogens (primary N) is 1. The maximum Gasteiger partial charge on any atom is 0.410 e. The fourth-order valence-electron chi connectivity index (χ4n) is 7.45. The predicted octanol–water partition coefficient (Wildman–Crippen LogP) is 4.92. The minimum atomic E-state index is -3.95. The number of fused-ring (bicyclic) bond motifs is 1. The molecule has 2 fully saturated rings. The van der Waals surface area contributed by atoms with E-state index in [0.29, 0.717) is 38.8 Å². The van der Waals surface area contributed by atoms with Crippen molar-refractivity contribution in [2.24, 2.45) is 17.6 Å². The van der Waals surface area contributed by atoms with Crippen LogP contribution < -0.4 is 15.8 Å². The molecule has 4 N–H and O–H groups in total. The van der Waals surface area contributed by atoms with Crippen LogP contribution in [0, 0.1) is 11.8 Å². The van der Waals surface area contributed by atoms with Crippen molar-refractivity contribution in [2.45, 2.75) is 120 Å². The summed E-state index contributed by atoms with van der Waals surface area (Å²) < 4.78 is 38.8. The molecule has 15 heteroatoms. The van der Waals surface area contributed by atoms with Gasteiger partial charge in [-0.1, -0.05) is 73.9 Å². The Bertz CT molecular complexity index is 1820. The summed E-state index contributed by atoms with van der Waals surface area (Å²) in [7, 11) is -3.95. The van der Waals surface area contributed by atoms with Gasteiger partial charge in [0.05, 0.1) is 11.4 Å². The molecule has 55 heavy (non-hydrogen) atoms. The van der Waals surface area contributed by atoms with Crippen LogP contribution in [0.4, 0.5) is 9.59 Å². The molecule has 5 amide bonds. The molecule has 5 atom stereocenters. The second-order valence-electron chi connectivity index (χ2n) is 15.5. The first-order chi connectivity index (χ1) is 26.1. The smallest absolute Gasteiger partial charge is 0.410 e. The van der Waals surface area contributed by atoms with E-state index in [1.807, 2.05) is 36.4 Å².